The lowest BCUT2D eigenvalue weighted by molar-refractivity contribution is -0.167. The first kappa shape index (κ1) is 65.5. The fourth-order valence-corrected chi connectivity index (χ4v) is 7.24. The molecule has 0 bridgehead atoms. The summed E-state index contributed by atoms with van der Waals surface area (Å²) < 4.78 is 16.8. The molecule has 0 heterocycles. The summed E-state index contributed by atoms with van der Waals surface area (Å²) in [7, 11) is 0. The topological polar surface area (TPSA) is 78.9 Å². The van der Waals surface area contributed by atoms with E-state index in [1.54, 1.807) is 0 Å². The van der Waals surface area contributed by atoms with Gasteiger partial charge in [0.1, 0.15) is 13.2 Å². The molecule has 0 N–H and O–H groups in total. The molecule has 0 amide bonds. The van der Waals surface area contributed by atoms with Crippen molar-refractivity contribution in [2.75, 3.05) is 13.2 Å². The molecule has 0 radical (unpaired) electrons. The molecule has 1 atom stereocenters. The lowest BCUT2D eigenvalue weighted by Crippen LogP contribution is -2.30. The minimum Gasteiger partial charge on any atom is -0.462 e. The summed E-state index contributed by atoms with van der Waals surface area (Å²) in [5, 5.41) is 0. The van der Waals surface area contributed by atoms with Gasteiger partial charge >= 0.3 is 17.9 Å². The molecule has 0 aromatic rings. The van der Waals surface area contributed by atoms with Gasteiger partial charge in [-0.05, 0) is 116 Å². The number of carbonyl (C=O) groups is 3. The molecular weight excluding hydrogens is 865 g/mol. The molecule has 0 aliphatic rings. The van der Waals surface area contributed by atoms with Crippen LogP contribution in [0.1, 0.15) is 233 Å². The maximum atomic E-state index is 12.8. The van der Waals surface area contributed by atoms with Crippen LogP contribution in [0.5, 0.6) is 0 Å². The molecule has 394 valence electrons. The maximum Gasteiger partial charge on any atom is 0.306 e. The Hall–Kier alpha value is -4.45. The minimum absolute atomic E-state index is 0.102. The van der Waals surface area contributed by atoms with Gasteiger partial charge in [-0.15, -0.1) is 0 Å². The molecule has 0 saturated carbocycles. The first-order valence-corrected chi connectivity index (χ1v) is 28.2. The third-order valence-corrected chi connectivity index (χ3v) is 11.4. The number of hydrogen-bond donors (Lipinski definition) is 0. The van der Waals surface area contributed by atoms with Gasteiger partial charge in [0.05, 0.1) is 0 Å². The Labute approximate surface area is 430 Å². The van der Waals surface area contributed by atoms with Crippen LogP contribution in [0.25, 0.3) is 0 Å². The van der Waals surface area contributed by atoms with Crippen LogP contribution in [-0.2, 0) is 28.6 Å². The highest BCUT2D eigenvalue weighted by Crippen LogP contribution is 2.13. The van der Waals surface area contributed by atoms with Crippen LogP contribution in [0.3, 0.4) is 0 Å². The second kappa shape index (κ2) is 57.1. The van der Waals surface area contributed by atoms with E-state index < -0.39 is 6.10 Å². The molecule has 1 unspecified atom stereocenters. The molecule has 6 nitrogen and oxygen atoms in total. The van der Waals surface area contributed by atoms with E-state index in [1.807, 2.05) is 0 Å². The number of ether oxygens (including phenoxy) is 3. The van der Waals surface area contributed by atoms with E-state index in [9.17, 15) is 14.4 Å². The van der Waals surface area contributed by atoms with E-state index in [1.165, 1.54) is 44.9 Å². The summed E-state index contributed by atoms with van der Waals surface area (Å²) >= 11 is 0. The first-order chi connectivity index (χ1) is 34.5. The van der Waals surface area contributed by atoms with Crippen LogP contribution in [0.4, 0.5) is 0 Å². The van der Waals surface area contributed by atoms with Gasteiger partial charge in [0.2, 0.25) is 0 Å². The number of carbonyl (C=O) groups excluding carboxylic acids is 3. The van der Waals surface area contributed by atoms with Crippen LogP contribution >= 0.6 is 0 Å². The van der Waals surface area contributed by atoms with E-state index in [0.29, 0.717) is 12.8 Å². The largest absolute Gasteiger partial charge is 0.462 e. The van der Waals surface area contributed by atoms with Gasteiger partial charge in [-0.1, -0.05) is 231 Å². The van der Waals surface area contributed by atoms with E-state index in [-0.39, 0.29) is 37.5 Å². The summed E-state index contributed by atoms with van der Waals surface area (Å²) in [4.78, 5) is 38.1. The molecular formula is C64H102O6. The quantitative estimate of drug-likeness (QED) is 0.0262. The number of allylic oxidation sites excluding steroid dienone is 22. The monoisotopic (exact) mass is 967 g/mol. The second-order valence-electron chi connectivity index (χ2n) is 18.1. The fraction of sp³-hybridized carbons (Fsp3) is 0.609. The predicted molar refractivity (Wildman–Crippen MR) is 302 cm³/mol. The summed E-state index contributed by atoms with van der Waals surface area (Å²) in [6.07, 6.45) is 80.1. The lowest BCUT2D eigenvalue weighted by Gasteiger charge is -2.18. The van der Waals surface area contributed by atoms with Gasteiger partial charge in [0.15, 0.2) is 6.10 Å². The predicted octanol–water partition coefficient (Wildman–Crippen LogP) is 19.0. The molecule has 0 fully saturated rings. The van der Waals surface area contributed by atoms with Crippen LogP contribution in [0.2, 0.25) is 0 Å². The zero-order chi connectivity index (χ0) is 50.7. The third-order valence-electron chi connectivity index (χ3n) is 11.4. The highest BCUT2D eigenvalue weighted by atomic mass is 16.6. The fourth-order valence-electron chi connectivity index (χ4n) is 7.24. The number of rotatable bonds is 49. The molecule has 6 heteroatoms. The van der Waals surface area contributed by atoms with Crippen LogP contribution in [0, 0.1) is 0 Å². The number of unbranched alkanes of at least 4 members (excludes halogenated alkanes) is 16. The first-order valence-electron chi connectivity index (χ1n) is 28.2. The zero-order valence-electron chi connectivity index (χ0n) is 45.0. The lowest BCUT2D eigenvalue weighted by atomic mass is 10.1. The van der Waals surface area contributed by atoms with E-state index in [0.717, 1.165) is 148 Å². The Bertz CT molecular complexity index is 1530. The molecule has 0 rings (SSSR count). The summed E-state index contributed by atoms with van der Waals surface area (Å²) in [5.41, 5.74) is 0. The van der Waals surface area contributed by atoms with Gasteiger partial charge in [0.25, 0.3) is 0 Å². The zero-order valence-corrected chi connectivity index (χ0v) is 45.0. The smallest absolute Gasteiger partial charge is 0.306 e. The summed E-state index contributed by atoms with van der Waals surface area (Å²) in [5.74, 6) is -0.967. The normalized spacial score (nSPS) is 13.1. The van der Waals surface area contributed by atoms with Crippen molar-refractivity contribution >= 4 is 17.9 Å². The second-order valence-corrected chi connectivity index (χ2v) is 18.1. The van der Waals surface area contributed by atoms with Crippen molar-refractivity contribution in [3.05, 3.63) is 134 Å². The van der Waals surface area contributed by atoms with E-state index in [2.05, 4.69) is 154 Å². The average molecular weight is 968 g/mol. The average Bonchev–Trinajstić information content (AvgIpc) is 3.36. The van der Waals surface area contributed by atoms with Crippen molar-refractivity contribution in [2.24, 2.45) is 0 Å². The Morgan fingerprint density at radius 2 is 0.557 bits per heavy atom. The van der Waals surface area contributed by atoms with Gasteiger partial charge < -0.3 is 14.2 Å². The van der Waals surface area contributed by atoms with Gasteiger partial charge in [-0.2, -0.15) is 0 Å². The minimum atomic E-state index is -0.808. The molecule has 0 spiro atoms. The Balaban J connectivity index is 4.43. The summed E-state index contributed by atoms with van der Waals surface area (Å²) in [6, 6.07) is 0. The van der Waals surface area contributed by atoms with Crippen molar-refractivity contribution in [3.63, 3.8) is 0 Å². The molecule has 0 aliphatic carbocycles. The standard InChI is InChI=1S/C64H102O6/c1-4-7-10-13-16-19-22-24-26-28-29-30-31-32-33-34-35-37-38-40-42-45-48-51-54-57-63(66)69-60-61(59-68-62(65)56-53-50-47-44-21-18-15-12-9-6-3)70-64(67)58-55-52-49-46-43-41-39-36-27-25-23-20-17-14-11-8-5-2/h7-8,10-11,16-17,19-20,24-27,29-30,32-33,35,37,39-42,61H,4-6,9,12-15,18,21-23,28,31,34,36,38,43-60H2,1-3H3/b10-7-,11-8-,19-16-,20-17-,26-24-,27-25-,30-29-,33-32-,37-35-,41-39-,42-40-. The Morgan fingerprint density at radius 3 is 0.886 bits per heavy atom. The molecule has 0 saturated heterocycles. The molecule has 0 aliphatic heterocycles. The Morgan fingerprint density at radius 1 is 0.300 bits per heavy atom. The summed E-state index contributed by atoms with van der Waals surface area (Å²) in [6.45, 7) is 6.34. The van der Waals surface area contributed by atoms with Gasteiger partial charge in [0, 0.05) is 19.3 Å². The van der Waals surface area contributed by atoms with E-state index in [4.69, 9.17) is 14.2 Å². The SMILES string of the molecule is CC/C=C\C/C=C\C/C=C\C/C=C\C/C=C\C/C=C\C/C=C\CCCCCC(=O)OCC(COC(=O)CCCCCCCCCCCC)OC(=O)CCCCCC/C=C\C/C=C\C/C=C\C/C=C\CC. The number of hydrogen-bond acceptors (Lipinski definition) is 6. The van der Waals surface area contributed by atoms with Crippen molar-refractivity contribution < 1.29 is 28.6 Å². The molecule has 0 aromatic carbocycles. The van der Waals surface area contributed by atoms with E-state index >= 15 is 0 Å². The molecule has 70 heavy (non-hydrogen) atoms. The Kier molecular flexibility index (Phi) is 53.5. The van der Waals surface area contributed by atoms with Gasteiger partial charge in [-0.25, -0.2) is 0 Å². The third kappa shape index (κ3) is 54.5. The van der Waals surface area contributed by atoms with Crippen molar-refractivity contribution in [3.8, 4) is 0 Å². The van der Waals surface area contributed by atoms with Crippen LogP contribution < -0.4 is 0 Å². The highest BCUT2D eigenvalue weighted by molar-refractivity contribution is 5.71. The number of esters is 3. The van der Waals surface area contributed by atoms with Gasteiger partial charge in [-0.3, -0.25) is 14.4 Å². The van der Waals surface area contributed by atoms with Crippen LogP contribution in [0.15, 0.2) is 134 Å². The van der Waals surface area contributed by atoms with Crippen molar-refractivity contribution in [1.82, 2.24) is 0 Å². The maximum absolute atomic E-state index is 12.8. The van der Waals surface area contributed by atoms with Crippen molar-refractivity contribution in [2.45, 2.75) is 239 Å². The molecule has 0 aromatic heterocycles. The highest BCUT2D eigenvalue weighted by Gasteiger charge is 2.19. The van der Waals surface area contributed by atoms with Crippen molar-refractivity contribution in [1.29, 1.82) is 0 Å². The van der Waals surface area contributed by atoms with Crippen LogP contribution in [-0.4, -0.2) is 37.2 Å².